The maximum atomic E-state index is 15.0. The molecule has 0 spiro atoms. The number of halogens is 8. The molecule has 4 aromatic heterocycles. The zero-order chi connectivity index (χ0) is 34.5. The molecule has 0 bridgehead atoms. The second-order valence-electron chi connectivity index (χ2n) is 11.2. The number of alkyl halides is 6. The second kappa shape index (κ2) is 12.0. The summed E-state index contributed by atoms with van der Waals surface area (Å²) < 4.78 is 115. The fourth-order valence-electron chi connectivity index (χ4n) is 5.80. The van der Waals surface area contributed by atoms with Crippen molar-refractivity contribution < 1.29 is 44.7 Å². The Hall–Kier alpha value is -5.35. The van der Waals surface area contributed by atoms with Crippen LogP contribution in [0.15, 0.2) is 54.9 Å². The fraction of sp³-hybridized carbons (Fsp3) is 0.258. The topological polar surface area (TPSA) is 132 Å². The molecule has 250 valence electrons. The van der Waals surface area contributed by atoms with E-state index in [4.69, 9.17) is 5.73 Å². The minimum atomic E-state index is -4.07. The van der Waals surface area contributed by atoms with Gasteiger partial charge in [-0.05, 0) is 42.3 Å². The molecule has 1 atom stereocenters. The Morgan fingerprint density at radius 1 is 0.979 bits per heavy atom. The van der Waals surface area contributed by atoms with Gasteiger partial charge in [0.1, 0.15) is 40.9 Å². The summed E-state index contributed by atoms with van der Waals surface area (Å²) in [4.78, 5) is 37.2. The van der Waals surface area contributed by atoms with Crippen LogP contribution in [0.5, 0.6) is 0 Å². The summed E-state index contributed by atoms with van der Waals surface area (Å²) in [6.45, 7) is -1.23. The van der Waals surface area contributed by atoms with E-state index in [1.54, 1.807) is 18.3 Å². The highest BCUT2D eigenvalue weighted by Gasteiger charge is 2.55. The smallest absolute Gasteiger partial charge is 0.290 e. The van der Waals surface area contributed by atoms with Crippen LogP contribution in [-0.2, 0) is 29.6 Å². The molecule has 5 aromatic rings. The van der Waals surface area contributed by atoms with Crippen LogP contribution in [0.2, 0.25) is 0 Å². The molecular weight excluding hydrogens is 654 g/mol. The molecule has 0 saturated carbocycles. The lowest BCUT2D eigenvalue weighted by Crippen LogP contribution is -2.37. The fourth-order valence-corrected chi connectivity index (χ4v) is 5.80. The number of benzene rings is 1. The molecule has 48 heavy (non-hydrogen) atoms. The molecule has 17 heteroatoms. The predicted octanol–water partition coefficient (Wildman–Crippen LogP) is 6.21. The molecule has 0 aliphatic heterocycles. The molecule has 0 radical (unpaired) electrons. The summed E-state index contributed by atoms with van der Waals surface area (Å²) >= 11 is 0. The number of hydrogen-bond acceptors (Lipinski definition) is 5. The number of carbonyl (C=O) groups excluding carboxylic acids is 2. The molecule has 0 saturated heterocycles. The van der Waals surface area contributed by atoms with Crippen molar-refractivity contribution in [3.63, 3.8) is 0 Å². The lowest BCUT2D eigenvalue weighted by molar-refractivity contribution is -0.123. The zero-order valence-electron chi connectivity index (χ0n) is 24.4. The first-order chi connectivity index (χ1) is 22.6. The number of rotatable bonds is 9. The molecule has 6 rings (SSSR count). The van der Waals surface area contributed by atoms with E-state index in [0.29, 0.717) is 22.7 Å². The molecule has 1 aromatic carbocycles. The lowest BCUT2D eigenvalue weighted by atomic mass is 9.89. The van der Waals surface area contributed by atoms with Crippen LogP contribution in [0, 0.1) is 11.6 Å². The Morgan fingerprint density at radius 2 is 1.69 bits per heavy atom. The third kappa shape index (κ3) is 6.18. The number of aromatic amines is 1. The van der Waals surface area contributed by atoms with E-state index < -0.39 is 90.5 Å². The molecule has 4 N–H and O–H groups in total. The molecule has 0 unspecified atom stereocenters. The Morgan fingerprint density at radius 3 is 2.38 bits per heavy atom. The third-order valence-corrected chi connectivity index (χ3v) is 7.86. The molecule has 9 nitrogen and oxygen atoms in total. The molecule has 0 fully saturated rings. The number of nitrogens with two attached hydrogens (primary N) is 1. The van der Waals surface area contributed by atoms with Crippen LogP contribution in [0.4, 0.5) is 35.1 Å². The van der Waals surface area contributed by atoms with Crippen LogP contribution in [0.3, 0.4) is 0 Å². The van der Waals surface area contributed by atoms with Crippen molar-refractivity contribution in [1.29, 1.82) is 0 Å². The largest absolute Gasteiger partial charge is 0.364 e. The van der Waals surface area contributed by atoms with Gasteiger partial charge in [-0.2, -0.15) is 13.9 Å². The minimum absolute atomic E-state index is 0.0168. The van der Waals surface area contributed by atoms with E-state index in [1.165, 1.54) is 18.3 Å². The summed E-state index contributed by atoms with van der Waals surface area (Å²) in [5.74, 6) is -12.2. The lowest BCUT2D eigenvalue weighted by Gasteiger charge is -2.29. The van der Waals surface area contributed by atoms with E-state index in [0.717, 1.165) is 12.1 Å². The van der Waals surface area contributed by atoms with E-state index in [2.05, 4.69) is 25.4 Å². The number of H-pyrrole nitrogens is 1. The summed E-state index contributed by atoms with van der Waals surface area (Å²) in [6.07, 6.45) is -3.79. The molecule has 1 aliphatic rings. The standard InChI is InChI=1S/C31H23F8N7O2/c32-17-7-14(8-18(33)11-17)9-21(24-19(1-2-20(44-24)28(40)48)16-10-15-3-6-41-29(15)42-12-16)43-22(47)13-46-26-23(25(45-46)27(34)35)30(36,37)4-5-31(26,38)39/h1-3,6-8,10-12,21,27H,4-5,9,13H2,(H2,40,48)(H,41,42)(H,43,47)/t21-/m0/s1. The van der Waals surface area contributed by atoms with Crippen LogP contribution in [0.1, 0.15) is 64.0 Å². The van der Waals surface area contributed by atoms with Crippen molar-refractivity contribution in [2.75, 3.05) is 0 Å². The minimum Gasteiger partial charge on any atom is -0.364 e. The van der Waals surface area contributed by atoms with Gasteiger partial charge in [0.05, 0.1) is 17.3 Å². The van der Waals surface area contributed by atoms with Crippen LogP contribution >= 0.6 is 0 Å². The first kappa shape index (κ1) is 32.6. The number of hydrogen-bond donors (Lipinski definition) is 3. The SMILES string of the molecule is NC(=O)c1ccc(-c2cnc3[nH]ccc3c2)c([C@H](Cc2cc(F)cc(F)c2)NC(=O)Cn2nc(C(F)F)c3c2C(F)(F)CCC3(F)F)n1. The van der Waals surface area contributed by atoms with Gasteiger partial charge >= 0.3 is 0 Å². The third-order valence-electron chi connectivity index (χ3n) is 7.86. The Kier molecular flexibility index (Phi) is 8.16. The van der Waals surface area contributed by atoms with E-state index in [9.17, 15) is 44.7 Å². The van der Waals surface area contributed by atoms with Crippen molar-refractivity contribution in [1.82, 2.24) is 30.0 Å². The van der Waals surface area contributed by atoms with Gasteiger partial charge in [-0.25, -0.2) is 36.3 Å². The number of pyridine rings is 2. The summed E-state index contributed by atoms with van der Waals surface area (Å²) in [6, 6.07) is 7.24. The number of primary amides is 1. The summed E-state index contributed by atoms with van der Waals surface area (Å²) in [5.41, 5.74) is 1.54. The maximum absolute atomic E-state index is 15.0. The number of carbonyl (C=O) groups is 2. The number of fused-ring (bicyclic) bond motifs is 2. The van der Waals surface area contributed by atoms with Crippen molar-refractivity contribution in [2.45, 2.75) is 50.1 Å². The Balaban J connectivity index is 1.45. The van der Waals surface area contributed by atoms with Gasteiger partial charge in [0, 0.05) is 47.8 Å². The molecule has 4 heterocycles. The molecule has 2 amide bonds. The first-order valence-corrected chi connectivity index (χ1v) is 14.3. The average molecular weight is 678 g/mol. The number of amides is 2. The first-order valence-electron chi connectivity index (χ1n) is 14.3. The average Bonchev–Trinajstić information content (AvgIpc) is 3.64. The van der Waals surface area contributed by atoms with Crippen molar-refractivity contribution in [3.05, 3.63) is 100 Å². The van der Waals surface area contributed by atoms with E-state index >= 15 is 0 Å². The van der Waals surface area contributed by atoms with E-state index in [-0.39, 0.29) is 27.2 Å². The highest BCUT2D eigenvalue weighted by Crippen LogP contribution is 2.52. The highest BCUT2D eigenvalue weighted by molar-refractivity contribution is 5.91. The quantitative estimate of drug-likeness (QED) is 0.160. The summed E-state index contributed by atoms with van der Waals surface area (Å²) in [7, 11) is 0. The normalized spacial score (nSPS) is 15.8. The molecule has 1 aliphatic carbocycles. The number of nitrogens with one attached hydrogen (secondary N) is 2. The highest BCUT2D eigenvalue weighted by atomic mass is 19.3. The van der Waals surface area contributed by atoms with Crippen molar-refractivity contribution >= 4 is 22.8 Å². The van der Waals surface area contributed by atoms with Gasteiger partial charge in [-0.3, -0.25) is 14.3 Å². The predicted molar refractivity (Wildman–Crippen MR) is 153 cm³/mol. The maximum Gasteiger partial charge on any atom is 0.290 e. The van der Waals surface area contributed by atoms with Gasteiger partial charge in [0.25, 0.3) is 24.2 Å². The molecular formula is C31H23F8N7O2. The van der Waals surface area contributed by atoms with E-state index in [1.807, 2.05) is 0 Å². The monoisotopic (exact) mass is 677 g/mol. The zero-order valence-corrected chi connectivity index (χ0v) is 24.4. The van der Waals surface area contributed by atoms with Crippen molar-refractivity contribution in [2.24, 2.45) is 5.73 Å². The van der Waals surface area contributed by atoms with Gasteiger partial charge in [-0.1, -0.05) is 6.07 Å². The van der Waals surface area contributed by atoms with Gasteiger partial charge in [-0.15, -0.1) is 0 Å². The van der Waals surface area contributed by atoms with Gasteiger partial charge in [0.2, 0.25) is 5.91 Å². The number of aromatic nitrogens is 5. The van der Waals surface area contributed by atoms with Gasteiger partial charge in [0.15, 0.2) is 0 Å². The second-order valence-corrected chi connectivity index (χ2v) is 11.2. The number of nitrogens with zero attached hydrogens (tertiary/aromatic N) is 4. The summed E-state index contributed by atoms with van der Waals surface area (Å²) in [5, 5.41) is 6.41. The van der Waals surface area contributed by atoms with Gasteiger partial charge < -0.3 is 16.0 Å². The van der Waals surface area contributed by atoms with Crippen molar-refractivity contribution in [3.8, 4) is 11.1 Å². The Bertz CT molecular complexity index is 2040. The van der Waals surface area contributed by atoms with Crippen LogP contribution in [0.25, 0.3) is 22.2 Å². The van der Waals surface area contributed by atoms with Crippen LogP contribution < -0.4 is 11.1 Å². The van der Waals surface area contributed by atoms with Crippen LogP contribution in [-0.4, -0.2) is 36.5 Å². The Labute approximate surface area is 265 Å².